The summed E-state index contributed by atoms with van der Waals surface area (Å²) < 4.78 is 40.0. The first-order valence-electron chi connectivity index (χ1n) is 7.77. The zero-order valence-electron chi connectivity index (χ0n) is 13.4. The van der Waals surface area contributed by atoms with Gasteiger partial charge < -0.3 is 15.2 Å². The number of H-pyrrole nitrogens is 1. The zero-order valence-corrected chi connectivity index (χ0v) is 14.2. The number of amides is 2. The second kappa shape index (κ2) is 7.19. The molecule has 8 nitrogen and oxygen atoms in total. The number of sulfonamides is 1. The summed E-state index contributed by atoms with van der Waals surface area (Å²) in [7, 11) is -3.66. The highest BCUT2D eigenvalue weighted by Crippen LogP contribution is 2.17. The Kier molecular flexibility index (Phi) is 5.00. The largest absolute Gasteiger partial charge is 0.335 e. The molecule has 25 heavy (non-hydrogen) atoms. The minimum absolute atomic E-state index is 0.0248. The molecule has 0 spiro atoms. The van der Waals surface area contributed by atoms with E-state index >= 15 is 0 Å². The molecule has 1 fully saturated rings. The van der Waals surface area contributed by atoms with Crippen molar-refractivity contribution in [2.45, 2.75) is 11.4 Å². The van der Waals surface area contributed by atoms with Crippen molar-refractivity contribution in [1.82, 2.24) is 19.2 Å². The molecule has 1 aromatic carbocycles. The molecular weight excluding hydrogens is 349 g/mol. The lowest BCUT2D eigenvalue weighted by molar-refractivity contribution is 0.214. The summed E-state index contributed by atoms with van der Waals surface area (Å²) in [6.45, 7) is 1.06. The fraction of sp³-hybridized carbons (Fsp3) is 0.333. The van der Waals surface area contributed by atoms with Gasteiger partial charge in [0.25, 0.3) is 10.0 Å². The van der Waals surface area contributed by atoms with E-state index in [9.17, 15) is 17.6 Å². The van der Waals surface area contributed by atoms with Crippen LogP contribution in [0, 0.1) is 5.82 Å². The molecule has 1 aliphatic heterocycles. The van der Waals surface area contributed by atoms with E-state index in [0.717, 1.165) is 0 Å². The van der Waals surface area contributed by atoms with E-state index in [0.29, 0.717) is 19.5 Å². The summed E-state index contributed by atoms with van der Waals surface area (Å²) in [5, 5.41) is 2.54. The van der Waals surface area contributed by atoms with Crippen molar-refractivity contribution in [1.29, 1.82) is 0 Å². The normalized spacial score (nSPS) is 16.4. The number of urea groups is 1. The van der Waals surface area contributed by atoms with Crippen molar-refractivity contribution < 1.29 is 17.6 Å². The van der Waals surface area contributed by atoms with Crippen LogP contribution in [0.2, 0.25) is 0 Å². The lowest BCUT2D eigenvalue weighted by atomic mass is 10.3. The van der Waals surface area contributed by atoms with Crippen LogP contribution < -0.4 is 5.32 Å². The zero-order chi connectivity index (χ0) is 17.9. The first-order chi connectivity index (χ1) is 12.0. The third kappa shape index (κ3) is 3.80. The van der Waals surface area contributed by atoms with Crippen LogP contribution in [-0.2, 0) is 10.0 Å². The van der Waals surface area contributed by atoms with Gasteiger partial charge in [0.1, 0.15) is 5.82 Å². The minimum atomic E-state index is -3.66. The average Bonchev–Trinajstić information content (AvgIpc) is 3.02. The van der Waals surface area contributed by atoms with Crippen LogP contribution in [0.5, 0.6) is 0 Å². The highest BCUT2D eigenvalue weighted by Gasteiger charge is 2.29. The number of benzene rings is 1. The molecule has 0 saturated carbocycles. The molecule has 0 unspecified atom stereocenters. The summed E-state index contributed by atoms with van der Waals surface area (Å²) in [5.41, 5.74) is 0.0960. The van der Waals surface area contributed by atoms with Crippen LogP contribution in [0.1, 0.15) is 6.42 Å². The van der Waals surface area contributed by atoms with Gasteiger partial charge in [0.05, 0.1) is 18.2 Å². The number of rotatable bonds is 3. The Morgan fingerprint density at radius 1 is 1.20 bits per heavy atom. The predicted molar refractivity (Wildman–Crippen MR) is 89.0 cm³/mol. The lowest BCUT2D eigenvalue weighted by Gasteiger charge is -2.22. The van der Waals surface area contributed by atoms with Crippen molar-refractivity contribution in [3.63, 3.8) is 0 Å². The van der Waals surface area contributed by atoms with Gasteiger partial charge in [-0.3, -0.25) is 0 Å². The summed E-state index contributed by atoms with van der Waals surface area (Å²) in [6.07, 6.45) is 3.04. The Bertz CT molecular complexity index is 841. The van der Waals surface area contributed by atoms with Gasteiger partial charge in [0, 0.05) is 26.2 Å². The standard InChI is InChI=1S/C15H18FN5O3S/c16-12-4-1-2-5-13(12)19-15(22)20-6-3-7-21(9-8-20)25(23,24)14-10-17-11-18-14/h1-2,4-5,10-11H,3,6-9H2,(H,17,18)(H,19,22). The topological polar surface area (TPSA) is 98.4 Å². The lowest BCUT2D eigenvalue weighted by Crippen LogP contribution is -2.39. The van der Waals surface area contributed by atoms with Gasteiger partial charge in [-0.15, -0.1) is 0 Å². The molecule has 0 radical (unpaired) electrons. The molecule has 1 aliphatic rings. The van der Waals surface area contributed by atoms with Crippen LogP contribution in [0.15, 0.2) is 41.8 Å². The van der Waals surface area contributed by atoms with E-state index in [1.54, 1.807) is 6.07 Å². The van der Waals surface area contributed by atoms with Gasteiger partial charge in [0.2, 0.25) is 0 Å². The number of nitrogens with one attached hydrogen (secondary N) is 2. The molecule has 2 heterocycles. The number of carbonyl (C=O) groups excluding carboxylic acids is 1. The van der Waals surface area contributed by atoms with Crippen molar-refractivity contribution in [2.75, 3.05) is 31.5 Å². The van der Waals surface area contributed by atoms with E-state index in [2.05, 4.69) is 15.3 Å². The SMILES string of the molecule is O=C(Nc1ccccc1F)N1CCCN(S(=O)(=O)c2cnc[nH]2)CC1. The number of aromatic nitrogens is 2. The highest BCUT2D eigenvalue weighted by atomic mass is 32.2. The summed E-state index contributed by atoms with van der Waals surface area (Å²) in [4.78, 5) is 20.1. The Hall–Kier alpha value is -2.46. The van der Waals surface area contributed by atoms with Gasteiger partial charge in [-0.2, -0.15) is 4.31 Å². The third-order valence-electron chi connectivity index (χ3n) is 3.95. The van der Waals surface area contributed by atoms with E-state index < -0.39 is 21.9 Å². The van der Waals surface area contributed by atoms with E-state index in [1.807, 2.05) is 0 Å². The average molecular weight is 367 g/mol. The maximum atomic E-state index is 13.6. The first kappa shape index (κ1) is 17.4. The minimum Gasteiger partial charge on any atom is -0.335 e. The molecule has 1 aromatic heterocycles. The number of halogens is 1. The number of carbonyl (C=O) groups is 1. The number of hydrogen-bond donors (Lipinski definition) is 2. The number of hydrogen-bond acceptors (Lipinski definition) is 4. The smallest absolute Gasteiger partial charge is 0.321 e. The molecule has 2 aromatic rings. The first-order valence-corrected chi connectivity index (χ1v) is 9.21. The number of aromatic amines is 1. The molecule has 2 amide bonds. The fourth-order valence-electron chi connectivity index (χ4n) is 2.62. The molecule has 1 saturated heterocycles. The second-order valence-corrected chi connectivity index (χ2v) is 7.48. The molecule has 0 atom stereocenters. The Labute approximate surface area is 144 Å². The Morgan fingerprint density at radius 3 is 2.72 bits per heavy atom. The van der Waals surface area contributed by atoms with Gasteiger partial charge in [-0.05, 0) is 18.6 Å². The summed E-state index contributed by atoms with van der Waals surface area (Å²) >= 11 is 0. The predicted octanol–water partition coefficient (Wildman–Crippen LogP) is 1.48. The van der Waals surface area contributed by atoms with Gasteiger partial charge in [-0.25, -0.2) is 22.6 Å². The van der Waals surface area contributed by atoms with Crippen LogP contribution >= 0.6 is 0 Å². The number of anilines is 1. The Balaban J connectivity index is 1.65. The van der Waals surface area contributed by atoms with Gasteiger partial charge >= 0.3 is 6.03 Å². The molecule has 134 valence electrons. The fourth-order valence-corrected chi connectivity index (χ4v) is 3.98. The molecule has 2 N–H and O–H groups in total. The molecule has 0 bridgehead atoms. The summed E-state index contributed by atoms with van der Waals surface area (Å²) in [6, 6.07) is 5.44. The van der Waals surface area contributed by atoms with E-state index in [1.165, 1.54) is 39.9 Å². The Morgan fingerprint density at radius 2 is 2.00 bits per heavy atom. The monoisotopic (exact) mass is 367 g/mol. The molecular formula is C15H18FN5O3S. The third-order valence-corrected chi connectivity index (χ3v) is 5.77. The summed E-state index contributed by atoms with van der Waals surface area (Å²) in [5.74, 6) is -0.519. The van der Waals surface area contributed by atoms with E-state index in [-0.39, 0.29) is 23.8 Å². The van der Waals surface area contributed by atoms with Crippen LogP contribution in [0.25, 0.3) is 0 Å². The second-order valence-electron chi connectivity index (χ2n) is 5.57. The maximum Gasteiger partial charge on any atom is 0.321 e. The van der Waals surface area contributed by atoms with Crippen LogP contribution in [-0.4, -0.2) is 59.8 Å². The quantitative estimate of drug-likeness (QED) is 0.858. The highest BCUT2D eigenvalue weighted by molar-refractivity contribution is 7.89. The molecule has 10 heteroatoms. The van der Waals surface area contributed by atoms with Crippen molar-refractivity contribution in [2.24, 2.45) is 0 Å². The van der Waals surface area contributed by atoms with Gasteiger partial charge in [-0.1, -0.05) is 12.1 Å². The van der Waals surface area contributed by atoms with Crippen LogP contribution in [0.4, 0.5) is 14.9 Å². The van der Waals surface area contributed by atoms with Crippen molar-refractivity contribution in [3.8, 4) is 0 Å². The van der Waals surface area contributed by atoms with Gasteiger partial charge in [0.15, 0.2) is 5.03 Å². The number of nitrogens with zero attached hydrogens (tertiary/aromatic N) is 3. The molecule has 3 rings (SSSR count). The molecule has 0 aliphatic carbocycles. The maximum absolute atomic E-state index is 13.6. The van der Waals surface area contributed by atoms with Crippen molar-refractivity contribution >= 4 is 21.7 Å². The number of para-hydroxylation sites is 1. The van der Waals surface area contributed by atoms with E-state index in [4.69, 9.17) is 0 Å². The van der Waals surface area contributed by atoms with Crippen LogP contribution in [0.3, 0.4) is 0 Å². The van der Waals surface area contributed by atoms with Crippen molar-refractivity contribution in [3.05, 3.63) is 42.6 Å². The number of imidazole rings is 1.